The quantitative estimate of drug-likeness (QED) is 0.917. The van der Waals surface area contributed by atoms with Crippen molar-refractivity contribution in [3.8, 4) is 0 Å². The minimum Gasteiger partial charge on any atom is -0.371 e. The summed E-state index contributed by atoms with van der Waals surface area (Å²) in [7, 11) is 0. The standard InChI is InChI=1S/C11H13BrF3N3O/c12-8-4-17-18(5-7-2-1-3-7)10(19)9(8)16-6-11(13,14)15/h4,7,16H,1-3,5-6H2. The van der Waals surface area contributed by atoms with Crippen LogP contribution in [0.15, 0.2) is 15.5 Å². The Hall–Kier alpha value is -1.05. The molecule has 0 aromatic carbocycles. The summed E-state index contributed by atoms with van der Waals surface area (Å²) in [6.45, 7) is -0.777. The number of aromatic nitrogens is 2. The first-order chi connectivity index (χ1) is 8.87. The van der Waals surface area contributed by atoms with Gasteiger partial charge in [0.05, 0.1) is 10.7 Å². The number of alkyl halides is 3. The van der Waals surface area contributed by atoms with E-state index in [4.69, 9.17) is 0 Å². The van der Waals surface area contributed by atoms with Gasteiger partial charge in [-0.15, -0.1) is 0 Å². The van der Waals surface area contributed by atoms with Gasteiger partial charge in [0, 0.05) is 6.54 Å². The molecule has 2 rings (SSSR count). The van der Waals surface area contributed by atoms with Crippen LogP contribution < -0.4 is 10.9 Å². The Morgan fingerprint density at radius 1 is 1.47 bits per heavy atom. The molecule has 1 aromatic heterocycles. The van der Waals surface area contributed by atoms with E-state index in [2.05, 4.69) is 26.3 Å². The Labute approximate surface area is 116 Å². The van der Waals surface area contributed by atoms with Crippen LogP contribution >= 0.6 is 15.9 Å². The minimum absolute atomic E-state index is 0.0911. The van der Waals surface area contributed by atoms with E-state index in [9.17, 15) is 18.0 Å². The summed E-state index contributed by atoms with van der Waals surface area (Å²) >= 11 is 3.04. The van der Waals surface area contributed by atoms with Gasteiger partial charge in [0.15, 0.2) is 0 Å². The summed E-state index contributed by atoms with van der Waals surface area (Å²) < 4.78 is 38.0. The molecule has 1 aliphatic carbocycles. The lowest BCUT2D eigenvalue weighted by Gasteiger charge is -2.25. The van der Waals surface area contributed by atoms with Crippen molar-refractivity contribution >= 4 is 21.6 Å². The summed E-state index contributed by atoms with van der Waals surface area (Å²) in [4.78, 5) is 12.0. The van der Waals surface area contributed by atoms with Crippen LogP contribution in [-0.2, 0) is 6.54 Å². The number of hydrogen-bond acceptors (Lipinski definition) is 3. The predicted molar refractivity (Wildman–Crippen MR) is 68.1 cm³/mol. The molecule has 4 nitrogen and oxygen atoms in total. The fourth-order valence-electron chi connectivity index (χ4n) is 1.87. The molecule has 19 heavy (non-hydrogen) atoms. The summed E-state index contributed by atoms with van der Waals surface area (Å²) in [6.07, 6.45) is 0.187. The molecule has 0 bridgehead atoms. The highest BCUT2D eigenvalue weighted by atomic mass is 79.9. The van der Waals surface area contributed by atoms with Crippen LogP contribution in [0.4, 0.5) is 18.9 Å². The van der Waals surface area contributed by atoms with E-state index in [0.717, 1.165) is 19.3 Å². The summed E-state index contributed by atoms with van der Waals surface area (Å²) in [6, 6.07) is 0. The molecule has 1 fully saturated rings. The lowest BCUT2D eigenvalue weighted by Crippen LogP contribution is -2.32. The molecule has 0 amide bonds. The molecule has 0 spiro atoms. The average Bonchev–Trinajstić information content (AvgIpc) is 2.24. The van der Waals surface area contributed by atoms with E-state index < -0.39 is 18.3 Å². The Morgan fingerprint density at radius 2 is 2.16 bits per heavy atom. The monoisotopic (exact) mass is 339 g/mol. The third-order valence-electron chi connectivity index (χ3n) is 3.12. The molecule has 1 heterocycles. The van der Waals surface area contributed by atoms with Crippen molar-refractivity contribution in [1.82, 2.24) is 9.78 Å². The molecular formula is C11H13BrF3N3O. The summed E-state index contributed by atoms with van der Waals surface area (Å²) in [5, 5.41) is 6.07. The van der Waals surface area contributed by atoms with Crippen molar-refractivity contribution in [1.29, 1.82) is 0 Å². The zero-order valence-corrected chi connectivity index (χ0v) is 11.6. The van der Waals surface area contributed by atoms with Crippen molar-refractivity contribution in [3.63, 3.8) is 0 Å². The predicted octanol–water partition coefficient (Wildman–Crippen LogP) is 2.78. The lowest BCUT2D eigenvalue weighted by atomic mass is 9.85. The van der Waals surface area contributed by atoms with E-state index >= 15 is 0 Å². The van der Waals surface area contributed by atoms with Gasteiger partial charge in [0.2, 0.25) is 0 Å². The second-order valence-corrected chi connectivity index (χ2v) is 5.47. The minimum atomic E-state index is -4.37. The van der Waals surface area contributed by atoms with Gasteiger partial charge >= 0.3 is 6.18 Å². The zero-order chi connectivity index (χ0) is 14.0. The first-order valence-corrected chi connectivity index (χ1v) is 6.72. The average molecular weight is 340 g/mol. The fraction of sp³-hybridized carbons (Fsp3) is 0.636. The Balaban J connectivity index is 2.16. The molecule has 0 aliphatic heterocycles. The van der Waals surface area contributed by atoms with Crippen molar-refractivity contribution in [2.75, 3.05) is 11.9 Å². The fourth-order valence-corrected chi connectivity index (χ4v) is 2.27. The van der Waals surface area contributed by atoms with Gasteiger partial charge in [-0.1, -0.05) is 6.42 Å². The first kappa shape index (κ1) is 14.4. The number of halogens is 4. The van der Waals surface area contributed by atoms with Crippen LogP contribution in [0, 0.1) is 5.92 Å². The number of nitrogens with zero attached hydrogens (tertiary/aromatic N) is 2. The lowest BCUT2D eigenvalue weighted by molar-refractivity contribution is -0.115. The van der Waals surface area contributed by atoms with Gasteiger partial charge in [-0.3, -0.25) is 4.79 Å². The molecule has 8 heteroatoms. The van der Waals surface area contributed by atoms with Crippen LogP contribution in [0.5, 0.6) is 0 Å². The molecule has 1 aromatic rings. The molecule has 106 valence electrons. The number of nitrogens with one attached hydrogen (secondary N) is 1. The van der Waals surface area contributed by atoms with E-state index in [-0.39, 0.29) is 10.2 Å². The SMILES string of the molecule is O=c1c(NCC(F)(F)F)c(Br)cnn1CC1CCC1. The van der Waals surface area contributed by atoms with E-state index in [1.807, 2.05) is 0 Å². The van der Waals surface area contributed by atoms with Crippen molar-refractivity contribution in [2.24, 2.45) is 5.92 Å². The van der Waals surface area contributed by atoms with E-state index in [0.29, 0.717) is 12.5 Å². The second-order valence-electron chi connectivity index (χ2n) is 4.62. The van der Waals surface area contributed by atoms with Crippen LogP contribution in [0.2, 0.25) is 0 Å². The third-order valence-corrected chi connectivity index (χ3v) is 3.72. The highest BCUT2D eigenvalue weighted by Gasteiger charge is 2.28. The summed E-state index contributed by atoms with van der Waals surface area (Å²) in [5.41, 5.74) is -0.614. The highest BCUT2D eigenvalue weighted by molar-refractivity contribution is 9.10. The number of anilines is 1. The van der Waals surface area contributed by atoms with Gasteiger partial charge in [-0.2, -0.15) is 18.3 Å². The van der Waals surface area contributed by atoms with Crippen LogP contribution in [0.3, 0.4) is 0 Å². The van der Waals surface area contributed by atoms with Crippen LogP contribution in [0.25, 0.3) is 0 Å². The Morgan fingerprint density at radius 3 is 2.68 bits per heavy atom. The Bertz CT molecular complexity index is 511. The molecule has 0 radical (unpaired) electrons. The molecular weight excluding hydrogens is 327 g/mol. The van der Waals surface area contributed by atoms with Crippen LogP contribution in [0.1, 0.15) is 19.3 Å². The van der Waals surface area contributed by atoms with E-state index in [1.165, 1.54) is 10.9 Å². The van der Waals surface area contributed by atoms with Gasteiger partial charge < -0.3 is 5.32 Å². The molecule has 0 unspecified atom stereocenters. The molecule has 1 saturated carbocycles. The van der Waals surface area contributed by atoms with E-state index in [1.54, 1.807) is 0 Å². The Kier molecular flexibility index (Phi) is 4.17. The largest absolute Gasteiger partial charge is 0.405 e. The molecule has 1 N–H and O–H groups in total. The molecule has 1 aliphatic rings. The van der Waals surface area contributed by atoms with Gasteiger partial charge in [-0.25, -0.2) is 4.68 Å². The molecule has 0 atom stereocenters. The zero-order valence-electron chi connectivity index (χ0n) is 10.0. The van der Waals surface area contributed by atoms with Gasteiger partial charge in [-0.05, 0) is 34.7 Å². The first-order valence-electron chi connectivity index (χ1n) is 5.93. The molecule has 0 saturated heterocycles. The number of rotatable bonds is 4. The maximum absolute atomic E-state index is 12.2. The maximum atomic E-state index is 12.2. The topological polar surface area (TPSA) is 46.9 Å². The van der Waals surface area contributed by atoms with Crippen molar-refractivity contribution in [3.05, 3.63) is 21.0 Å². The maximum Gasteiger partial charge on any atom is 0.405 e. The van der Waals surface area contributed by atoms with Gasteiger partial charge in [0.1, 0.15) is 12.2 Å². The van der Waals surface area contributed by atoms with Crippen LogP contribution in [-0.4, -0.2) is 22.5 Å². The third kappa shape index (κ3) is 3.71. The van der Waals surface area contributed by atoms with Crippen molar-refractivity contribution < 1.29 is 13.2 Å². The smallest absolute Gasteiger partial charge is 0.371 e. The second kappa shape index (κ2) is 5.52. The normalized spacial score (nSPS) is 16.2. The van der Waals surface area contributed by atoms with Crippen molar-refractivity contribution in [2.45, 2.75) is 32.0 Å². The number of hydrogen-bond donors (Lipinski definition) is 1. The highest BCUT2D eigenvalue weighted by Crippen LogP contribution is 2.27. The summed E-state index contributed by atoms with van der Waals surface area (Å²) in [5.74, 6) is 0.404. The van der Waals surface area contributed by atoms with Gasteiger partial charge in [0.25, 0.3) is 5.56 Å².